The van der Waals surface area contributed by atoms with E-state index < -0.39 is 23.6 Å². The molecule has 0 bridgehead atoms. The molecule has 2 heterocycles. The van der Waals surface area contributed by atoms with Crippen LogP contribution in [-0.4, -0.2) is 79.0 Å². The highest BCUT2D eigenvalue weighted by molar-refractivity contribution is 6.05. The van der Waals surface area contributed by atoms with Gasteiger partial charge in [0.2, 0.25) is 0 Å². The lowest BCUT2D eigenvalue weighted by molar-refractivity contribution is 0.0217. The van der Waals surface area contributed by atoms with Crippen LogP contribution in [0, 0.1) is 0 Å². The van der Waals surface area contributed by atoms with E-state index in [4.69, 9.17) is 23.7 Å². The Morgan fingerprint density at radius 1 is 0.582 bits per heavy atom. The Kier molecular flexibility index (Phi) is 11.9. The molecule has 1 amide bonds. The van der Waals surface area contributed by atoms with Gasteiger partial charge in [0, 0.05) is 29.7 Å². The second-order valence-electron chi connectivity index (χ2n) is 13.7. The molecule has 11 nitrogen and oxygen atoms in total. The third kappa shape index (κ3) is 9.55. The van der Waals surface area contributed by atoms with Gasteiger partial charge in [0.05, 0.1) is 49.5 Å². The smallest absolute Gasteiger partial charge is 0.410 e. The average molecular weight is 742 g/mol. The van der Waals surface area contributed by atoms with Crippen molar-refractivity contribution >= 4 is 39.8 Å². The molecule has 0 aliphatic carbocycles. The van der Waals surface area contributed by atoms with Crippen LogP contribution < -0.4 is 9.47 Å². The molecule has 0 atom stereocenters. The van der Waals surface area contributed by atoms with Crippen LogP contribution in [0.1, 0.15) is 47.9 Å². The largest absolute Gasteiger partial charge is 0.494 e. The highest BCUT2D eigenvalue weighted by Gasteiger charge is 2.22. The number of rotatable bonds is 13. The minimum absolute atomic E-state index is 0.261. The van der Waals surface area contributed by atoms with Gasteiger partial charge in [-0.1, -0.05) is 36.4 Å². The van der Waals surface area contributed by atoms with Crippen molar-refractivity contribution in [1.82, 2.24) is 14.9 Å². The lowest BCUT2D eigenvalue weighted by Gasteiger charge is -2.27. The summed E-state index contributed by atoms with van der Waals surface area (Å²) in [6, 6.07) is 30.2. The van der Waals surface area contributed by atoms with E-state index in [0.717, 1.165) is 27.6 Å². The highest BCUT2D eigenvalue weighted by Crippen LogP contribution is 2.29. The van der Waals surface area contributed by atoms with Crippen LogP contribution in [0.25, 0.3) is 44.1 Å². The Morgan fingerprint density at radius 2 is 1.04 bits per heavy atom. The predicted molar refractivity (Wildman–Crippen MR) is 210 cm³/mol. The molecular weight excluding hydrogens is 698 g/mol. The highest BCUT2D eigenvalue weighted by atomic mass is 16.6. The van der Waals surface area contributed by atoms with Gasteiger partial charge in [-0.25, -0.2) is 14.4 Å². The van der Waals surface area contributed by atoms with Crippen LogP contribution in [0.4, 0.5) is 4.79 Å². The van der Waals surface area contributed by atoms with Gasteiger partial charge >= 0.3 is 18.0 Å². The summed E-state index contributed by atoms with van der Waals surface area (Å²) in [5.74, 6) is 0.525. The molecule has 4 aromatic carbocycles. The summed E-state index contributed by atoms with van der Waals surface area (Å²) in [7, 11) is 2.72. The van der Waals surface area contributed by atoms with Gasteiger partial charge in [0.25, 0.3) is 0 Å². The number of carbonyl (C=O) groups excluding carboxylic acids is 3. The first-order valence-corrected chi connectivity index (χ1v) is 17.9. The van der Waals surface area contributed by atoms with E-state index in [9.17, 15) is 14.4 Å². The molecule has 0 aliphatic heterocycles. The Bertz CT molecular complexity index is 2300. The third-order valence-electron chi connectivity index (χ3n) is 8.79. The van der Waals surface area contributed by atoms with Gasteiger partial charge in [-0.3, -0.25) is 9.97 Å². The summed E-state index contributed by atoms with van der Waals surface area (Å²) in [4.78, 5) is 48.1. The number of hydrogen-bond donors (Lipinski definition) is 0. The first-order chi connectivity index (χ1) is 26.5. The molecule has 6 rings (SSSR count). The van der Waals surface area contributed by atoms with E-state index in [1.165, 1.54) is 14.2 Å². The van der Waals surface area contributed by atoms with Crippen molar-refractivity contribution in [3.8, 4) is 33.8 Å². The maximum Gasteiger partial charge on any atom is 0.410 e. The fraction of sp³-hybridized carbons (Fsp3) is 0.250. The Labute approximate surface area is 319 Å². The van der Waals surface area contributed by atoms with Crippen LogP contribution in [0.5, 0.6) is 11.5 Å². The summed E-state index contributed by atoms with van der Waals surface area (Å²) in [6.07, 6.45) is 3.34. The molecule has 2 aromatic heterocycles. The number of aromatic nitrogens is 2. The van der Waals surface area contributed by atoms with Crippen LogP contribution in [-0.2, 0) is 14.2 Å². The number of benzene rings is 4. The van der Waals surface area contributed by atoms with Crippen LogP contribution in [0.15, 0.2) is 109 Å². The Balaban J connectivity index is 1.03. The summed E-state index contributed by atoms with van der Waals surface area (Å²) in [5, 5.41) is 1.43. The molecule has 0 aliphatic rings. The van der Waals surface area contributed by atoms with Gasteiger partial charge in [0.1, 0.15) is 23.7 Å². The van der Waals surface area contributed by atoms with Crippen molar-refractivity contribution in [1.29, 1.82) is 0 Å². The number of amides is 1. The standard InChI is InChI=1S/C44H43N3O8/c1-44(2,3)55-43(50)47(24-26-54-34-15-9-30(10-16-34)32-12-18-40-38(28-32)36(20-22-46-40)42(49)52-5)23-6-25-53-33-13-7-29(8-14-33)31-11-17-39-37(27-31)35(19-21-45-39)41(48)51-4/h7-22,27-28H,6,23-26H2,1-5H3. The van der Waals surface area contributed by atoms with Crippen molar-refractivity contribution in [2.75, 3.05) is 40.5 Å². The maximum absolute atomic E-state index is 13.1. The van der Waals surface area contributed by atoms with E-state index in [0.29, 0.717) is 65.2 Å². The van der Waals surface area contributed by atoms with E-state index >= 15 is 0 Å². The van der Waals surface area contributed by atoms with E-state index in [2.05, 4.69) is 9.97 Å². The van der Waals surface area contributed by atoms with Crippen LogP contribution >= 0.6 is 0 Å². The minimum Gasteiger partial charge on any atom is -0.494 e. The molecule has 282 valence electrons. The van der Waals surface area contributed by atoms with Crippen molar-refractivity contribution in [3.63, 3.8) is 0 Å². The molecule has 6 aromatic rings. The topological polar surface area (TPSA) is 126 Å². The molecule has 0 saturated carbocycles. The maximum atomic E-state index is 13.1. The third-order valence-corrected chi connectivity index (χ3v) is 8.79. The van der Waals surface area contributed by atoms with Gasteiger partial charge in [-0.15, -0.1) is 0 Å². The van der Waals surface area contributed by atoms with Gasteiger partial charge in [-0.2, -0.15) is 0 Å². The minimum atomic E-state index is -0.650. The number of methoxy groups -OCH3 is 2. The van der Waals surface area contributed by atoms with Gasteiger partial charge in [-0.05, 0) is 110 Å². The molecule has 55 heavy (non-hydrogen) atoms. The number of pyridine rings is 2. The first-order valence-electron chi connectivity index (χ1n) is 17.9. The summed E-state index contributed by atoms with van der Waals surface area (Å²) < 4.78 is 27.6. The number of nitrogens with zero attached hydrogens (tertiary/aromatic N) is 3. The zero-order valence-corrected chi connectivity index (χ0v) is 31.5. The normalized spacial score (nSPS) is 11.2. The van der Waals surface area contributed by atoms with Crippen LogP contribution in [0.3, 0.4) is 0 Å². The van der Waals surface area contributed by atoms with E-state index in [1.807, 2.05) is 106 Å². The Hall–Kier alpha value is -6.49. The fourth-order valence-electron chi connectivity index (χ4n) is 6.05. The average Bonchev–Trinajstić information content (AvgIpc) is 3.20. The number of ether oxygens (including phenoxy) is 5. The Morgan fingerprint density at radius 3 is 1.49 bits per heavy atom. The summed E-state index contributed by atoms with van der Waals surface area (Å²) >= 11 is 0. The molecular formula is C44H43N3O8. The van der Waals surface area contributed by atoms with Crippen LogP contribution in [0.2, 0.25) is 0 Å². The van der Waals surface area contributed by atoms with Gasteiger partial charge < -0.3 is 28.6 Å². The second kappa shape index (κ2) is 17.1. The first kappa shape index (κ1) is 38.2. The van der Waals surface area contributed by atoms with E-state index in [1.54, 1.807) is 29.4 Å². The monoisotopic (exact) mass is 741 g/mol. The SMILES string of the molecule is COC(=O)c1ccnc2ccc(-c3ccc(OCCCN(CCOc4ccc(-c5ccc6nccc(C(=O)OC)c6c5)cc4)C(=O)OC(C)(C)C)cc3)cc12. The number of carbonyl (C=O) groups is 3. The van der Waals surface area contributed by atoms with Crippen molar-refractivity contribution < 1.29 is 38.1 Å². The van der Waals surface area contributed by atoms with Crippen molar-refractivity contribution in [2.24, 2.45) is 0 Å². The zero-order valence-electron chi connectivity index (χ0n) is 31.5. The van der Waals surface area contributed by atoms with Gasteiger partial charge in [0.15, 0.2) is 0 Å². The quantitative estimate of drug-likeness (QED) is 0.0644. The van der Waals surface area contributed by atoms with E-state index in [-0.39, 0.29) is 6.61 Å². The molecule has 0 saturated heterocycles. The lowest BCUT2D eigenvalue weighted by atomic mass is 10.0. The molecule has 0 radical (unpaired) electrons. The molecule has 0 N–H and O–H groups in total. The van der Waals surface area contributed by atoms with Crippen molar-refractivity contribution in [3.05, 3.63) is 121 Å². The number of hydrogen-bond acceptors (Lipinski definition) is 10. The summed E-state index contributed by atoms with van der Waals surface area (Å²) in [5.41, 5.74) is 5.44. The number of esters is 2. The summed E-state index contributed by atoms with van der Waals surface area (Å²) in [6.45, 7) is 6.88. The molecule has 0 fully saturated rings. The zero-order chi connectivity index (χ0) is 39.0. The molecule has 0 spiro atoms. The predicted octanol–water partition coefficient (Wildman–Crippen LogP) is 8.78. The molecule has 11 heteroatoms. The number of fused-ring (bicyclic) bond motifs is 2. The lowest BCUT2D eigenvalue weighted by Crippen LogP contribution is -2.40. The second-order valence-corrected chi connectivity index (χ2v) is 13.7. The van der Waals surface area contributed by atoms with Crippen molar-refractivity contribution in [2.45, 2.75) is 32.8 Å². The molecule has 0 unspecified atom stereocenters. The fourth-order valence-corrected chi connectivity index (χ4v) is 6.05.